The lowest BCUT2D eigenvalue weighted by atomic mass is 9.88. The molecule has 156 valence electrons. The van der Waals surface area contributed by atoms with E-state index in [-0.39, 0.29) is 6.04 Å². The summed E-state index contributed by atoms with van der Waals surface area (Å²) in [4.78, 5) is 2.61. The van der Waals surface area contributed by atoms with Crippen molar-refractivity contribution >= 4 is 11.8 Å². The Kier molecular flexibility index (Phi) is 6.21. The van der Waals surface area contributed by atoms with Crippen LogP contribution in [0.3, 0.4) is 0 Å². The molecule has 1 atom stereocenters. The van der Waals surface area contributed by atoms with Crippen molar-refractivity contribution in [1.29, 1.82) is 0 Å². The molecule has 0 spiro atoms. The van der Waals surface area contributed by atoms with Gasteiger partial charge >= 0.3 is 6.18 Å². The third-order valence-electron chi connectivity index (χ3n) is 5.53. The second kappa shape index (κ2) is 8.86. The first-order valence-corrected chi connectivity index (χ1v) is 11.0. The molecule has 0 amide bonds. The average molecular weight is 428 g/mol. The van der Waals surface area contributed by atoms with Crippen LogP contribution in [0, 0.1) is 0 Å². The van der Waals surface area contributed by atoms with Crippen molar-refractivity contribution in [3.63, 3.8) is 0 Å². The van der Waals surface area contributed by atoms with Crippen LogP contribution in [0.25, 0.3) is 0 Å². The van der Waals surface area contributed by atoms with Crippen LogP contribution in [0.4, 0.5) is 13.2 Å². The summed E-state index contributed by atoms with van der Waals surface area (Å²) < 4.78 is 38.8. The second-order valence-electron chi connectivity index (χ2n) is 7.78. The van der Waals surface area contributed by atoms with Gasteiger partial charge in [-0.3, -0.25) is 0 Å². The monoisotopic (exact) mass is 427 g/mol. The maximum absolute atomic E-state index is 12.9. The Balaban J connectivity index is 1.40. The molecule has 0 aromatic heterocycles. The van der Waals surface area contributed by atoms with Crippen molar-refractivity contribution in [3.8, 4) is 0 Å². The standard InChI is InChI=1S/C25H24F3NS/c1-17(15-18-7-6-8-19(16-18)25(26,27)28)29-14-13-20-21-9-2-4-11-23(21)30-24-12-5-3-10-22(20)24/h2-12,16-17,20,29H,13-15H2,1H3. The van der Waals surface area contributed by atoms with Crippen molar-refractivity contribution in [3.05, 3.63) is 95.1 Å². The van der Waals surface area contributed by atoms with Gasteiger partial charge in [0.2, 0.25) is 0 Å². The smallest absolute Gasteiger partial charge is 0.314 e. The minimum Gasteiger partial charge on any atom is -0.314 e. The van der Waals surface area contributed by atoms with Crippen molar-refractivity contribution in [2.45, 2.75) is 47.7 Å². The molecule has 3 aromatic rings. The highest BCUT2D eigenvalue weighted by Crippen LogP contribution is 2.46. The Morgan fingerprint density at radius 3 is 2.17 bits per heavy atom. The average Bonchev–Trinajstić information content (AvgIpc) is 2.73. The van der Waals surface area contributed by atoms with Crippen LogP contribution in [0.15, 0.2) is 82.6 Å². The molecule has 1 nitrogen and oxygen atoms in total. The molecule has 1 aliphatic heterocycles. The van der Waals surface area contributed by atoms with E-state index in [0.29, 0.717) is 17.9 Å². The Morgan fingerprint density at radius 1 is 0.900 bits per heavy atom. The summed E-state index contributed by atoms with van der Waals surface area (Å²) in [6, 6.07) is 22.8. The summed E-state index contributed by atoms with van der Waals surface area (Å²) in [6.07, 6.45) is -2.79. The van der Waals surface area contributed by atoms with Crippen LogP contribution in [0.5, 0.6) is 0 Å². The fourth-order valence-corrected chi connectivity index (χ4v) is 5.28. The van der Waals surface area contributed by atoms with Gasteiger partial charge < -0.3 is 5.32 Å². The first kappa shape index (κ1) is 21.0. The molecule has 30 heavy (non-hydrogen) atoms. The van der Waals surface area contributed by atoms with Crippen LogP contribution in [0.2, 0.25) is 0 Å². The van der Waals surface area contributed by atoms with E-state index in [1.807, 2.05) is 18.7 Å². The molecule has 1 heterocycles. The molecule has 0 radical (unpaired) electrons. The molecule has 1 N–H and O–H groups in total. The minimum absolute atomic E-state index is 0.0944. The van der Waals surface area contributed by atoms with E-state index in [1.165, 1.54) is 33.1 Å². The molecule has 0 aliphatic carbocycles. The predicted octanol–water partition coefficient (Wildman–Crippen LogP) is 6.91. The third kappa shape index (κ3) is 4.73. The molecular formula is C25H24F3NS. The normalized spacial score (nSPS) is 14.8. The van der Waals surface area contributed by atoms with Gasteiger partial charge in [-0.15, -0.1) is 0 Å². The lowest BCUT2D eigenvalue weighted by Crippen LogP contribution is -2.30. The Hall–Kier alpha value is -2.24. The van der Waals surface area contributed by atoms with Crippen LogP contribution in [-0.2, 0) is 12.6 Å². The summed E-state index contributed by atoms with van der Waals surface area (Å²) in [5.41, 5.74) is 2.83. The van der Waals surface area contributed by atoms with Gasteiger partial charge in [0.25, 0.3) is 0 Å². The van der Waals surface area contributed by atoms with Gasteiger partial charge in [0.05, 0.1) is 5.56 Å². The number of benzene rings is 3. The molecular weight excluding hydrogens is 403 g/mol. The van der Waals surface area contributed by atoms with Gasteiger partial charge in [-0.1, -0.05) is 66.4 Å². The lowest BCUT2D eigenvalue weighted by molar-refractivity contribution is -0.137. The van der Waals surface area contributed by atoms with Crippen LogP contribution in [0.1, 0.15) is 41.5 Å². The van der Waals surface area contributed by atoms with E-state index in [4.69, 9.17) is 0 Å². The van der Waals surface area contributed by atoms with Gasteiger partial charge in [0.1, 0.15) is 0 Å². The van der Waals surface area contributed by atoms with Gasteiger partial charge in [0.15, 0.2) is 0 Å². The summed E-state index contributed by atoms with van der Waals surface area (Å²) >= 11 is 1.82. The number of fused-ring (bicyclic) bond motifs is 2. The summed E-state index contributed by atoms with van der Waals surface area (Å²) in [5.74, 6) is 0.326. The fourth-order valence-electron chi connectivity index (χ4n) is 4.09. The molecule has 0 saturated carbocycles. The molecule has 1 unspecified atom stereocenters. The molecule has 4 rings (SSSR count). The number of hydrogen-bond donors (Lipinski definition) is 1. The van der Waals surface area contributed by atoms with Crippen LogP contribution >= 0.6 is 11.8 Å². The highest BCUT2D eigenvalue weighted by Gasteiger charge is 2.30. The zero-order valence-electron chi connectivity index (χ0n) is 16.7. The topological polar surface area (TPSA) is 12.0 Å². The third-order valence-corrected chi connectivity index (χ3v) is 6.71. The zero-order chi connectivity index (χ0) is 21.1. The molecule has 0 saturated heterocycles. The van der Waals surface area contributed by atoms with Crippen LogP contribution in [-0.4, -0.2) is 12.6 Å². The van der Waals surface area contributed by atoms with Gasteiger partial charge in [-0.25, -0.2) is 0 Å². The number of nitrogens with one attached hydrogen (secondary N) is 1. The number of halogens is 3. The quantitative estimate of drug-likeness (QED) is 0.459. The molecule has 1 aliphatic rings. The van der Waals surface area contributed by atoms with Gasteiger partial charge in [-0.05, 0) is 61.2 Å². The second-order valence-corrected chi connectivity index (χ2v) is 8.86. The van der Waals surface area contributed by atoms with Crippen molar-refractivity contribution in [2.24, 2.45) is 0 Å². The molecule has 0 fully saturated rings. The van der Waals surface area contributed by atoms with Crippen molar-refractivity contribution in [2.75, 3.05) is 6.54 Å². The summed E-state index contributed by atoms with van der Waals surface area (Å²) in [6.45, 7) is 2.83. The van der Waals surface area contributed by atoms with E-state index in [1.54, 1.807) is 6.07 Å². The zero-order valence-corrected chi connectivity index (χ0v) is 17.6. The van der Waals surface area contributed by atoms with E-state index >= 15 is 0 Å². The predicted molar refractivity (Wildman–Crippen MR) is 116 cm³/mol. The number of alkyl halides is 3. The largest absolute Gasteiger partial charge is 0.416 e. The van der Waals surface area contributed by atoms with Gasteiger partial charge in [0, 0.05) is 21.8 Å². The van der Waals surface area contributed by atoms with E-state index in [2.05, 4.69) is 53.8 Å². The first-order chi connectivity index (χ1) is 14.4. The molecule has 5 heteroatoms. The van der Waals surface area contributed by atoms with Crippen molar-refractivity contribution in [1.82, 2.24) is 5.32 Å². The first-order valence-electron chi connectivity index (χ1n) is 10.2. The number of rotatable bonds is 6. The maximum atomic E-state index is 12.9. The van der Waals surface area contributed by atoms with Gasteiger partial charge in [-0.2, -0.15) is 13.2 Å². The Labute approximate surface area is 179 Å². The van der Waals surface area contributed by atoms with E-state index < -0.39 is 11.7 Å². The lowest BCUT2D eigenvalue weighted by Gasteiger charge is -2.28. The summed E-state index contributed by atoms with van der Waals surface area (Å²) in [7, 11) is 0. The van der Waals surface area contributed by atoms with E-state index in [9.17, 15) is 13.2 Å². The van der Waals surface area contributed by atoms with E-state index in [0.717, 1.165) is 19.0 Å². The Morgan fingerprint density at radius 2 is 1.53 bits per heavy atom. The van der Waals surface area contributed by atoms with Crippen LogP contribution < -0.4 is 5.32 Å². The Bertz CT molecular complexity index is 970. The highest BCUT2D eigenvalue weighted by atomic mass is 32.2. The molecule has 0 bridgehead atoms. The summed E-state index contributed by atoms with van der Waals surface area (Å²) in [5, 5.41) is 3.51. The SMILES string of the molecule is CC(Cc1cccc(C(F)(F)F)c1)NCCC1c2ccccc2Sc2ccccc21. The minimum atomic E-state index is -4.30. The molecule has 3 aromatic carbocycles. The fraction of sp³-hybridized carbons (Fsp3) is 0.280. The maximum Gasteiger partial charge on any atom is 0.416 e. The highest BCUT2D eigenvalue weighted by molar-refractivity contribution is 7.99. The van der Waals surface area contributed by atoms with Crippen molar-refractivity contribution < 1.29 is 13.2 Å². The number of hydrogen-bond acceptors (Lipinski definition) is 2.